The third-order valence-electron chi connectivity index (χ3n) is 10.8. The van der Waals surface area contributed by atoms with Crippen molar-refractivity contribution in [2.75, 3.05) is 13.2 Å². The zero-order valence-corrected chi connectivity index (χ0v) is 27.2. The highest BCUT2D eigenvalue weighted by Crippen LogP contribution is 2.58. The fourth-order valence-electron chi connectivity index (χ4n) is 8.99. The topological polar surface area (TPSA) is 55.4 Å². The first-order chi connectivity index (χ1) is 23.8. The van der Waals surface area contributed by atoms with Crippen LogP contribution < -0.4 is 0 Å². The van der Waals surface area contributed by atoms with E-state index in [1.807, 2.05) is 60.7 Å². The number of hydrogen-bond acceptors (Lipinski definition) is 6. The predicted molar refractivity (Wildman–Crippen MR) is 174 cm³/mol. The van der Waals surface area contributed by atoms with Gasteiger partial charge < -0.3 is 28.4 Å². The maximum atomic E-state index is 13.1. The Hall–Kier alpha value is -3.23. The number of halogens is 3. The first kappa shape index (κ1) is 32.9. The maximum Gasteiger partial charge on any atom is 0.416 e. The molecule has 6 atom stereocenters. The van der Waals surface area contributed by atoms with Gasteiger partial charge in [0.15, 0.2) is 12.6 Å². The Morgan fingerprint density at radius 2 is 1.41 bits per heavy atom. The van der Waals surface area contributed by atoms with Crippen LogP contribution in [0.4, 0.5) is 13.2 Å². The zero-order chi connectivity index (χ0) is 33.4. The number of ether oxygens (including phenoxy) is 6. The molecular formula is C40H41F3O6. The van der Waals surface area contributed by atoms with Gasteiger partial charge in [-0.2, -0.15) is 13.2 Å². The molecule has 258 valence electrons. The van der Waals surface area contributed by atoms with Crippen molar-refractivity contribution in [1.29, 1.82) is 0 Å². The van der Waals surface area contributed by atoms with Crippen molar-refractivity contribution in [3.8, 4) is 11.8 Å². The van der Waals surface area contributed by atoms with Gasteiger partial charge in [0, 0.05) is 11.1 Å². The van der Waals surface area contributed by atoms with Crippen molar-refractivity contribution in [3.63, 3.8) is 0 Å². The van der Waals surface area contributed by atoms with Crippen LogP contribution in [0.1, 0.15) is 67.1 Å². The van der Waals surface area contributed by atoms with Gasteiger partial charge in [-0.15, -0.1) is 0 Å². The van der Waals surface area contributed by atoms with E-state index in [0.29, 0.717) is 36.5 Å². The molecule has 0 amide bonds. The van der Waals surface area contributed by atoms with E-state index >= 15 is 0 Å². The minimum absolute atomic E-state index is 0.00299. The molecule has 49 heavy (non-hydrogen) atoms. The normalized spacial score (nSPS) is 35.0. The summed E-state index contributed by atoms with van der Waals surface area (Å²) in [5, 5.41) is 0. The van der Waals surface area contributed by atoms with E-state index in [1.165, 1.54) is 31.4 Å². The van der Waals surface area contributed by atoms with E-state index < -0.39 is 48.7 Å². The summed E-state index contributed by atoms with van der Waals surface area (Å²) in [5.74, 6) is 7.98. The highest BCUT2D eigenvalue weighted by atomic mass is 19.4. The fourth-order valence-corrected chi connectivity index (χ4v) is 8.99. The SMILES string of the molecule is FC(F)(F)c1ccc(C#CCO[C@@H]2[C@H](OC34CC5CC(CC(C5)C3)C4)O[C@@H]3COC(c4ccccc4)O[C@H]3[C@@H]2OCc2ccccc2)cc1. The number of alkyl halides is 3. The molecule has 0 spiro atoms. The second-order valence-electron chi connectivity index (χ2n) is 14.4. The molecule has 9 heteroatoms. The van der Waals surface area contributed by atoms with Gasteiger partial charge in [-0.05, 0) is 86.1 Å². The van der Waals surface area contributed by atoms with Gasteiger partial charge in [-0.3, -0.25) is 0 Å². The summed E-state index contributed by atoms with van der Waals surface area (Å²) in [4.78, 5) is 0. The van der Waals surface area contributed by atoms with E-state index in [0.717, 1.165) is 42.5 Å². The summed E-state index contributed by atoms with van der Waals surface area (Å²) in [6, 6.07) is 24.6. The van der Waals surface area contributed by atoms with Crippen molar-refractivity contribution in [2.24, 2.45) is 17.8 Å². The molecule has 2 aliphatic heterocycles. The summed E-state index contributed by atoms with van der Waals surface area (Å²) < 4.78 is 79.2. The van der Waals surface area contributed by atoms with Gasteiger partial charge in [0.05, 0.1) is 24.4 Å². The smallest absolute Gasteiger partial charge is 0.368 e. The average molecular weight is 675 g/mol. The quantitative estimate of drug-likeness (QED) is 0.227. The van der Waals surface area contributed by atoms with Crippen LogP contribution in [0.2, 0.25) is 0 Å². The molecule has 6 nitrogen and oxygen atoms in total. The van der Waals surface area contributed by atoms with E-state index in [4.69, 9.17) is 28.4 Å². The van der Waals surface area contributed by atoms with Crippen LogP contribution in [0.3, 0.4) is 0 Å². The molecule has 0 radical (unpaired) electrons. The molecule has 4 aliphatic carbocycles. The minimum atomic E-state index is -4.40. The van der Waals surface area contributed by atoms with Gasteiger partial charge in [-0.1, -0.05) is 72.5 Å². The predicted octanol–water partition coefficient (Wildman–Crippen LogP) is 7.85. The Morgan fingerprint density at radius 1 is 0.755 bits per heavy atom. The molecule has 2 saturated heterocycles. The van der Waals surface area contributed by atoms with E-state index in [9.17, 15) is 13.2 Å². The highest BCUT2D eigenvalue weighted by Gasteiger charge is 2.57. The van der Waals surface area contributed by atoms with Gasteiger partial charge in [0.25, 0.3) is 0 Å². The third kappa shape index (κ3) is 7.32. The van der Waals surface area contributed by atoms with Crippen LogP contribution in [-0.2, 0) is 41.2 Å². The average Bonchev–Trinajstić information content (AvgIpc) is 3.09. The molecule has 6 aliphatic rings. The van der Waals surface area contributed by atoms with Crippen molar-refractivity contribution in [3.05, 3.63) is 107 Å². The molecule has 4 saturated carbocycles. The van der Waals surface area contributed by atoms with Crippen molar-refractivity contribution < 1.29 is 41.6 Å². The fraction of sp³-hybridized carbons (Fsp3) is 0.500. The van der Waals surface area contributed by atoms with Crippen LogP contribution >= 0.6 is 0 Å². The molecule has 3 aromatic rings. The largest absolute Gasteiger partial charge is 0.416 e. The van der Waals surface area contributed by atoms with Crippen LogP contribution in [0.5, 0.6) is 0 Å². The van der Waals surface area contributed by atoms with Crippen LogP contribution in [-0.4, -0.2) is 49.5 Å². The summed E-state index contributed by atoms with van der Waals surface area (Å²) in [7, 11) is 0. The number of benzene rings is 3. The number of rotatable bonds is 8. The van der Waals surface area contributed by atoms with Gasteiger partial charge in [-0.25, -0.2) is 0 Å². The zero-order valence-electron chi connectivity index (χ0n) is 27.2. The summed E-state index contributed by atoms with van der Waals surface area (Å²) in [6.07, 6.45) is -1.08. The number of hydrogen-bond donors (Lipinski definition) is 0. The van der Waals surface area contributed by atoms with Crippen LogP contribution in [0.15, 0.2) is 84.9 Å². The Morgan fingerprint density at radius 3 is 2.06 bits per heavy atom. The Balaban J connectivity index is 1.07. The number of fused-ring (bicyclic) bond motifs is 1. The van der Waals surface area contributed by atoms with Crippen LogP contribution in [0.25, 0.3) is 0 Å². The lowest BCUT2D eigenvalue weighted by molar-refractivity contribution is -0.389. The Kier molecular flexibility index (Phi) is 9.29. The first-order valence-corrected chi connectivity index (χ1v) is 17.4. The first-order valence-electron chi connectivity index (χ1n) is 17.4. The molecule has 2 heterocycles. The van der Waals surface area contributed by atoms with E-state index in [2.05, 4.69) is 11.8 Å². The van der Waals surface area contributed by atoms with E-state index in [1.54, 1.807) is 0 Å². The molecule has 9 rings (SSSR count). The molecule has 0 N–H and O–H groups in total. The molecule has 0 aromatic heterocycles. The van der Waals surface area contributed by atoms with Crippen LogP contribution in [0, 0.1) is 29.6 Å². The molecular weight excluding hydrogens is 633 g/mol. The van der Waals surface area contributed by atoms with Gasteiger partial charge >= 0.3 is 6.18 Å². The highest BCUT2D eigenvalue weighted by molar-refractivity contribution is 5.37. The lowest BCUT2D eigenvalue weighted by atomic mass is 9.54. The van der Waals surface area contributed by atoms with Crippen molar-refractivity contribution >= 4 is 0 Å². The van der Waals surface area contributed by atoms with Gasteiger partial charge in [0.1, 0.15) is 31.0 Å². The van der Waals surface area contributed by atoms with Crippen molar-refractivity contribution in [1.82, 2.24) is 0 Å². The minimum Gasteiger partial charge on any atom is -0.368 e. The molecule has 3 aromatic carbocycles. The van der Waals surface area contributed by atoms with E-state index in [-0.39, 0.29) is 12.2 Å². The Labute approximate surface area is 285 Å². The summed E-state index contributed by atoms with van der Waals surface area (Å²) in [6.45, 7) is 0.629. The Bertz CT molecular complexity index is 1580. The lowest BCUT2D eigenvalue weighted by Gasteiger charge is -2.58. The van der Waals surface area contributed by atoms with Crippen molar-refractivity contribution in [2.45, 2.75) is 93.9 Å². The maximum absolute atomic E-state index is 13.1. The lowest BCUT2D eigenvalue weighted by Crippen LogP contribution is -2.65. The second kappa shape index (κ2) is 13.8. The van der Waals surface area contributed by atoms with Gasteiger partial charge in [0.2, 0.25) is 0 Å². The summed E-state index contributed by atoms with van der Waals surface area (Å²) in [5.41, 5.74) is 1.39. The molecule has 4 bridgehead atoms. The monoisotopic (exact) mass is 674 g/mol. The third-order valence-corrected chi connectivity index (χ3v) is 10.8. The standard InChI is InChI=1S/C40H41F3O6/c41-40(42,43)32-15-13-26(14-16-32)10-7-17-44-36-35(45-24-27-8-3-1-4-9-27)34-33(25-46-37(48-34)31-11-5-2-6-12-31)47-38(36)49-39-21-28-18-29(22-39)20-30(19-28)23-39/h1-6,8-9,11-16,28-30,33-38H,17-25H2/t28?,29?,30?,33-,34-,35+,36+,37?,38+,39?/m1/s1. The molecule has 6 fully saturated rings. The second-order valence-corrected chi connectivity index (χ2v) is 14.4. The summed E-state index contributed by atoms with van der Waals surface area (Å²) >= 11 is 0. The molecule has 1 unspecified atom stereocenters.